The third-order valence-corrected chi connectivity index (χ3v) is 6.79. The van der Waals surface area contributed by atoms with Crippen LogP contribution in [-0.2, 0) is 14.8 Å². The van der Waals surface area contributed by atoms with Gasteiger partial charge in [0.25, 0.3) is 0 Å². The van der Waals surface area contributed by atoms with Gasteiger partial charge in [0.2, 0.25) is 10.0 Å². The number of fused-ring (bicyclic) bond motifs is 2. The second-order valence-electron chi connectivity index (χ2n) is 5.84. The molecule has 2 saturated heterocycles. The summed E-state index contributed by atoms with van der Waals surface area (Å²) < 4.78 is 32.7. The van der Waals surface area contributed by atoms with Gasteiger partial charge in [-0.1, -0.05) is 11.6 Å². The zero-order chi connectivity index (χ0) is 16.6. The number of hydrogen-bond donors (Lipinski definition) is 1. The second kappa shape index (κ2) is 6.39. The fourth-order valence-electron chi connectivity index (χ4n) is 3.44. The van der Waals surface area contributed by atoms with Crippen LogP contribution in [0.5, 0.6) is 0 Å². The maximum absolute atomic E-state index is 13.2. The molecular weight excluding hydrogens is 340 g/mol. The van der Waals surface area contributed by atoms with Crippen molar-refractivity contribution < 1.29 is 17.9 Å². The Morgan fingerprint density at radius 2 is 2.04 bits per heavy atom. The third-order valence-electron chi connectivity index (χ3n) is 4.49. The molecule has 0 amide bonds. The van der Waals surface area contributed by atoms with E-state index in [1.807, 2.05) is 0 Å². The van der Waals surface area contributed by atoms with E-state index in [4.69, 9.17) is 16.3 Å². The van der Waals surface area contributed by atoms with Crippen LogP contribution in [0.4, 0.5) is 0 Å². The van der Waals surface area contributed by atoms with Crippen LogP contribution < -0.4 is 5.32 Å². The Kier molecular flexibility index (Phi) is 4.64. The molecule has 0 aliphatic carbocycles. The first kappa shape index (κ1) is 16.7. The molecule has 2 bridgehead atoms. The predicted octanol–water partition coefficient (Wildman–Crippen LogP) is 1.64. The van der Waals surface area contributed by atoms with Crippen LogP contribution >= 0.6 is 11.6 Å². The maximum Gasteiger partial charge on any atom is 0.339 e. The van der Waals surface area contributed by atoms with Crippen molar-refractivity contribution in [3.63, 3.8) is 0 Å². The summed E-state index contributed by atoms with van der Waals surface area (Å²) in [6.45, 7) is 1.44. The number of esters is 1. The molecule has 2 heterocycles. The zero-order valence-electron chi connectivity index (χ0n) is 12.8. The fourth-order valence-corrected chi connectivity index (χ4v) is 5.68. The van der Waals surface area contributed by atoms with E-state index in [-0.39, 0.29) is 22.5 Å². The lowest BCUT2D eigenvalue weighted by Gasteiger charge is -2.27. The average Bonchev–Trinajstić information content (AvgIpc) is 2.79. The van der Waals surface area contributed by atoms with Gasteiger partial charge in [0.15, 0.2) is 0 Å². The standard InChI is InChI=1S/C15H19ClN2O4S/c1-22-15(19)13-8-10(16)2-5-14(13)23(20,21)18-11-3-4-12(18)9-17-7-6-11/h2,5,8,11-12,17H,3-4,6-7,9H2,1H3. The minimum Gasteiger partial charge on any atom is -0.465 e. The number of carbonyl (C=O) groups excluding carboxylic acids is 1. The lowest BCUT2D eigenvalue weighted by Crippen LogP contribution is -2.42. The van der Waals surface area contributed by atoms with Gasteiger partial charge in [0.05, 0.1) is 17.6 Å². The highest BCUT2D eigenvalue weighted by atomic mass is 35.5. The number of nitrogens with zero attached hydrogens (tertiary/aromatic N) is 1. The van der Waals surface area contributed by atoms with Crippen LogP contribution in [0.1, 0.15) is 29.6 Å². The molecule has 3 rings (SSSR count). The maximum atomic E-state index is 13.2. The molecule has 2 fully saturated rings. The zero-order valence-corrected chi connectivity index (χ0v) is 14.4. The number of halogens is 1. The monoisotopic (exact) mass is 358 g/mol. The van der Waals surface area contributed by atoms with Gasteiger partial charge in [0.1, 0.15) is 0 Å². The number of methoxy groups -OCH3 is 1. The Hall–Kier alpha value is -1.15. The highest BCUT2D eigenvalue weighted by Crippen LogP contribution is 2.35. The summed E-state index contributed by atoms with van der Waals surface area (Å²) in [4.78, 5) is 12.0. The van der Waals surface area contributed by atoms with Crippen LogP contribution in [0.2, 0.25) is 5.02 Å². The van der Waals surface area contributed by atoms with Crippen molar-refractivity contribution in [3.8, 4) is 0 Å². The first-order valence-electron chi connectivity index (χ1n) is 7.57. The second-order valence-corrected chi connectivity index (χ2v) is 8.09. The van der Waals surface area contributed by atoms with Gasteiger partial charge in [0, 0.05) is 23.7 Å². The minimum atomic E-state index is -3.79. The summed E-state index contributed by atoms with van der Waals surface area (Å²) in [6.07, 6.45) is 2.46. The van der Waals surface area contributed by atoms with E-state index in [0.717, 1.165) is 25.8 Å². The van der Waals surface area contributed by atoms with Crippen molar-refractivity contribution in [2.24, 2.45) is 0 Å². The molecule has 2 atom stereocenters. The summed E-state index contributed by atoms with van der Waals surface area (Å²) in [5, 5.41) is 3.57. The van der Waals surface area contributed by atoms with E-state index >= 15 is 0 Å². The summed E-state index contributed by atoms with van der Waals surface area (Å²) >= 11 is 5.92. The average molecular weight is 359 g/mol. The lowest BCUT2D eigenvalue weighted by molar-refractivity contribution is 0.0596. The van der Waals surface area contributed by atoms with E-state index in [9.17, 15) is 13.2 Å². The molecule has 0 spiro atoms. The molecule has 1 aromatic rings. The summed E-state index contributed by atoms with van der Waals surface area (Å²) in [5.74, 6) is -0.702. The first-order valence-corrected chi connectivity index (χ1v) is 9.39. The smallest absolute Gasteiger partial charge is 0.339 e. The number of benzene rings is 1. The number of ether oxygens (including phenoxy) is 1. The number of rotatable bonds is 3. The van der Waals surface area contributed by atoms with E-state index in [1.54, 1.807) is 4.31 Å². The van der Waals surface area contributed by atoms with Crippen molar-refractivity contribution in [2.75, 3.05) is 20.2 Å². The molecule has 0 aromatic heterocycles. The van der Waals surface area contributed by atoms with Gasteiger partial charge >= 0.3 is 5.97 Å². The number of sulfonamides is 1. The van der Waals surface area contributed by atoms with E-state index in [0.29, 0.717) is 11.6 Å². The topological polar surface area (TPSA) is 75.7 Å². The largest absolute Gasteiger partial charge is 0.465 e. The van der Waals surface area contributed by atoms with Crippen LogP contribution in [0.3, 0.4) is 0 Å². The van der Waals surface area contributed by atoms with Crippen LogP contribution in [0, 0.1) is 0 Å². The SMILES string of the molecule is COC(=O)c1cc(Cl)ccc1S(=O)(=O)N1C2CCNCC1CC2. The Morgan fingerprint density at radius 1 is 1.30 bits per heavy atom. The lowest BCUT2D eigenvalue weighted by atomic mass is 10.1. The Labute approximate surface area is 140 Å². The quantitative estimate of drug-likeness (QED) is 0.831. The molecule has 0 radical (unpaired) electrons. The van der Waals surface area contributed by atoms with Crippen LogP contribution in [0.25, 0.3) is 0 Å². The van der Waals surface area contributed by atoms with Gasteiger partial charge in [-0.3, -0.25) is 0 Å². The Bertz CT molecular complexity index is 708. The molecule has 8 heteroatoms. The van der Waals surface area contributed by atoms with Gasteiger partial charge in [-0.2, -0.15) is 4.31 Å². The molecule has 126 valence electrons. The molecule has 1 N–H and O–H groups in total. The molecular formula is C15H19ClN2O4S. The summed E-state index contributed by atoms with van der Waals surface area (Å²) in [7, 11) is -2.57. The molecule has 2 aliphatic rings. The van der Waals surface area contributed by atoms with Crippen molar-refractivity contribution >= 4 is 27.6 Å². The van der Waals surface area contributed by atoms with E-state index < -0.39 is 16.0 Å². The first-order chi connectivity index (χ1) is 10.9. The highest BCUT2D eigenvalue weighted by Gasteiger charge is 2.44. The number of nitrogens with one attached hydrogen (secondary N) is 1. The van der Waals surface area contributed by atoms with Crippen LogP contribution in [-0.4, -0.2) is 51.0 Å². The normalized spacial score (nSPS) is 25.1. The van der Waals surface area contributed by atoms with Crippen LogP contribution in [0.15, 0.2) is 23.1 Å². The van der Waals surface area contributed by atoms with E-state index in [1.165, 1.54) is 25.3 Å². The van der Waals surface area contributed by atoms with Gasteiger partial charge < -0.3 is 10.1 Å². The predicted molar refractivity (Wildman–Crippen MR) is 86.1 cm³/mol. The van der Waals surface area contributed by atoms with Crippen molar-refractivity contribution in [3.05, 3.63) is 28.8 Å². The molecule has 1 aromatic carbocycles. The molecule has 2 aliphatic heterocycles. The Morgan fingerprint density at radius 3 is 2.78 bits per heavy atom. The number of hydrogen-bond acceptors (Lipinski definition) is 5. The molecule has 23 heavy (non-hydrogen) atoms. The van der Waals surface area contributed by atoms with E-state index in [2.05, 4.69) is 5.32 Å². The molecule has 0 saturated carbocycles. The Balaban J connectivity index is 2.08. The number of carbonyl (C=O) groups is 1. The molecule has 2 unspecified atom stereocenters. The van der Waals surface area contributed by atoms with Gasteiger partial charge in [-0.15, -0.1) is 0 Å². The van der Waals surface area contributed by atoms with Crippen molar-refractivity contribution in [2.45, 2.75) is 36.2 Å². The summed E-state index contributed by atoms with van der Waals surface area (Å²) in [5.41, 5.74) is -0.0170. The van der Waals surface area contributed by atoms with Crippen molar-refractivity contribution in [1.29, 1.82) is 0 Å². The van der Waals surface area contributed by atoms with Crippen molar-refractivity contribution in [1.82, 2.24) is 9.62 Å². The molecule has 6 nitrogen and oxygen atoms in total. The van der Waals surface area contributed by atoms with Gasteiger partial charge in [-0.05, 0) is 44.0 Å². The summed E-state index contributed by atoms with van der Waals surface area (Å²) in [6, 6.07) is 4.12. The highest BCUT2D eigenvalue weighted by molar-refractivity contribution is 7.89. The minimum absolute atomic E-state index is 0.0170. The fraction of sp³-hybridized carbons (Fsp3) is 0.533. The van der Waals surface area contributed by atoms with Gasteiger partial charge in [-0.25, -0.2) is 13.2 Å². The third kappa shape index (κ3) is 2.98.